The van der Waals surface area contributed by atoms with Crippen molar-refractivity contribution in [2.24, 2.45) is 11.8 Å². The molecular formula is C19H18BrN3O4S. The van der Waals surface area contributed by atoms with Crippen LogP contribution in [0.2, 0.25) is 0 Å². The van der Waals surface area contributed by atoms with Crippen molar-refractivity contribution in [3.05, 3.63) is 51.1 Å². The lowest BCUT2D eigenvalue weighted by Gasteiger charge is -2.21. The molecule has 0 saturated carbocycles. The van der Waals surface area contributed by atoms with Gasteiger partial charge in [-0.2, -0.15) is 0 Å². The van der Waals surface area contributed by atoms with Gasteiger partial charge in [0.15, 0.2) is 0 Å². The number of likely N-dealkylation sites (tertiary alicyclic amines) is 1. The molecule has 7 nitrogen and oxygen atoms in total. The summed E-state index contributed by atoms with van der Waals surface area (Å²) < 4.78 is 0.889. The quantitative estimate of drug-likeness (QED) is 0.568. The highest BCUT2D eigenvalue weighted by Crippen LogP contribution is 2.45. The first-order valence-corrected chi connectivity index (χ1v) is 10.5. The number of nitrogens with one attached hydrogen (secondary N) is 2. The molecule has 28 heavy (non-hydrogen) atoms. The van der Waals surface area contributed by atoms with Crippen molar-refractivity contribution in [1.82, 2.24) is 10.2 Å². The van der Waals surface area contributed by atoms with Crippen LogP contribution in [0.5, 0.6) is 0 Å². The number of hydrogen-bond acceptors (Lipinski definition) is 6. The van der Waals surface area contributed by atoms with Gasteiger partial charge in [-0.15, -0.1) is 11.3 Å². The SMILES string of the molecule is O=C(O)C1NC(c2ccc(Br)s2)C2C(=O)N(CCNc3ccccc3)C(=O)C12. The number of anilines is 1. The number of para-hydroxylation sites is 1. The van der Waals surface area contributed by atoms with E-state index >= 15 is 0 Å². The van der Waals surface area contributed by atoms with E-state index in [1.165, 1.54) is 16.2 Å². The van der Waals surface area contributed by atoms with Crippen molar-refractivity contribution < 1.29 is 19.5 Å². The maximum absolute atomic E-state index is 13.0. The summed E-state index contributed by atoms with van der Waals surface area (Å²) in [7, 11) is 0. The van der Waals surface area contributed by atoms with E-state index in [0.717, 1.165) is 14.4 Å². The molecule has 1 aromatic heterocycles. The number of thiophene rings is 1. The Morgan fingerprint density at radius 3 is 2.50 bits per heavy atom. The summed E-state index contributed by atoms with van der Waals surface area (Å²) in [5.41, 5.74) is 0.896. The number of imide groups is 1. The third-order valence-electron chi connectivity index (χ3n) is 5.17. The number of carboxylic acids is 1. The lowest BCUT2D eigenvalue weighted by atomic mass is 9.89. The van der Waals surface area contributed by atoms with Crippen molar-refractivity contribution in [3.8, 4) is 0 Å². The number of amides is 2. The van der Waals surface area contributed by atoms with Gasteiger partial charge in [-0.1, -0.05) is 18.2 Å². The summed E-state index contributed by atoms with van der Waals surface area (Å²) in [6.07, 6.45) is 0. The number of halogens is 1. The summed E-state index contributed by atoms with van der Waals surface area (Å²) in [5, 5.41) is 15.8. The molecule has 0 radical (unpaired) electrons. The molecule has 1 aromatic carbocycles. The summed E-state index contributed by atoms with van der Waals surface area (Å²) in [6.45, 7) is 0.605. The Labute approximate surface area is 173 Å². The third kappa shape index (κ3) is 3.34. The molecule has 3 heterocycles. The highest BCUT2D eigenvalue weighted by atomic mass is 79.9. The number of carboxylic acid groups (broad SMARTS) is 1. The van der Waals surface area contributed by atoms with Gasteiger partial charge in [0.1, 0.15) is 6.04 Å². The lowest BCUT2D eigenvalue weighted by molar-refractivity contribution is -0.146. The number of aliphatic carboxylic acids is 1. The Morgan fingerprint density at radius 1 is 1.14 bits per heavy atom. The second-order valence-corrected chi connectivity index (χ2v) is 9.27. The molecule has 2 amide bonds. The van der Waals surface area contributed by atoms with Gasteiger partial charge in [0.05, 0.1) is 21.7 Å². The van der Waals surface area contributed by atoms with E-state index in [4.69, 9.17) is 0 Å². The minimum absolute atomic E-state index is 0.201. The molecule has 2 aliphatic rings. The zero-order valence-electron chi connectivity index (χ0n) is 14.7. The van der Waals surface area contributed by atoms with E-state index in [-0.39, 0.29) is 12.5 Å². The number of carbonyl (C=O) groups is 3. The summed E-state index contributed by atoms with van der Waals surface area (Å²) in [4.78, 5) is 39.7. The number of nitrogens with zero attached hydrogens (tertiary/aromatic N) is 1. The fraction of sp³-hybridized carbons (Fsp3) is 0.316. The monoisotopic (exact) mass is 463 g/mol. The Hall–Kier alpha value is -2.23. The van der Waals surface area contributed by atoms with Gasteiger partial charge in [0, 0.05) is 23.7 Å². The fourth-order valence-electron chi connectivity index (χ4n) is 3.94. The van der Waals surface area contributed by atoms with Crippen molar-refractivity contribution in [2.45, 2.75) is 12.1 Å². The number of hydrogen-bond donors (Lipinski definition) is 3. The molecule has 4 rings (SSSR count). The Kier molecular flexibility index (Phi) is 5.22. The highest BCUT2D eigenvalue weighted by Gasteiger charge is 2.61. The molecule has 0 spiro atoms. The van der Waals surface area contributed by atoms with Gasteiger partial charge in [-0.05, 0) is 40.2 Å². The predicted molar refractivity (Wildman–Crippen MR) is 108 cm³/mol. The number of benzene rings is 1. The Morgan fingerprint density at radius 2 is 1.86 bits per heavy atom. The number of fused-ring (bicyclic) bond motifs is 1. The van der Waals surface area contributed by atoms with Gasteiger partial charge in [0.2, 0.25) is 11.8 Å². The lowest BCUT2D eigenvalue weighted by Crippen LogP contribution is -2.44. The van der Waals surface area contributed by atoms with Crippen LogP contribution in [-0.2, 0) is 14.4 Å². The zero-order valence-corrected chi connectivity index (χ0v) is 17.1. The molecular weight excluding hydrogens is 446 g/mol. The normalized spacial score (nSPS) is 26.5. The molecule has 3 N–H and O–H groups in total. The number of carbonyl (C=O) groups excluding carboxylic acids is 2. The maximum Gasteiger partial charge on any atom is 0.321 e. The van der Waals surface area contributed by atoms with Crippen molar-refractivity contribution >= 4 is 50.7 Å². The maximum atomic E-state index is 13.0. The van der Waals surface area contributed by atoms with Crippen molar-refractivity contribution in [2.75, 3.05) is 18.4 Å². The average Bonchev–Trinajstić information content (AvgIpc) is 3.34. The van der Waals surface area contributed by atoms with Crippen LogP contribution in [0.3, 0.4) is 0 Å². The van der Waals surface area contributed by atoms with E-state index in [9.17, 15) is 19.5 Å². The van der Waals surface area contributed by atoms with E-state index < -0.39 is 35.8 Å². The molecule has 4 unspecified atom stereocenters. The van der Waals surface area contributed by atoms with E-state index in [1.54, 1.807) is 0 Å². The molecule has 4 atom stereocenters. The van der Waals surface area contributed by atoms with Gasteiger partial charge in [-0.3, -0.25) is 24.6 Å². The molecule has 146 valence electrons. The van der Waals surface area contributed by atoms with Crippen LogP contribution in [0.1, 0.15) is 10.9 Å². The van der Waals surface area contributed by atoms with Gasteiger partial charge in [0.25, 0.3) is 0 Å². The van der Waals surface area contributed by atoms with E-state index in [2.05, 4.69) is 26.6 Å². The largest absolute Gasteiger partial charge is 0.480 e. The van der Waals surface area contributed by atoms with Crippen LogP contribution < -0.4 is 10.6 Å². The summed E-state index contributed by atoms with van der Waals surface area (Å²) in [6, 6.07) is 11.7. The zero-order chi connectivity index (χ0) is 19.8. The van der Waals surface area contributed by atoms with Gasteiger partial charge >= 0.3 is 5.97 Å². The van der Waals surface area contributed by atoms with Crippen LogP contribution in [-0.4, -0.2) is 46.9 Å². The van der Waals surface area contributed by atoms with E-state index in [0.29, 0.717) is 6.54 Å². The molecule has 2 fully saturated rings. The number of rotatable bonds is 6. The standard InChI is InChI=1S/C19H18BrN3O4S/c20-12-7-6-11(28-12)15-13-14(16(22-15)19(26)27)18(25)23(17(13)24)9-8-21-10-4-2-1-3-5-10/h1-7,13-16,21-22H,8-9H2,(H,26,27). The van der Waals surface area contributed by atoms with Crippen LogP contribution >= 0.6 is 27.3 Å². The molecule has 0 aliphatic carbocycles. The minimum Gasteiger partial charge on any atom is -0.480 e. The summed E-state index contributed by atoms with van der Waals surface area (Å²) in [5.74, 6) is -3.42. The first-order valence-electron chi connectivity index (χ1n) is 8.85. The molecule has 2 saturated heterocycles. The first kappa shape index (κ1) is 19.1. The molecule has 2 aromatic rings. The van der Waals surface area contributed by atoms with E-state index in [1.807, 2.05) is 42.5 Å². The first-order chi connectivity index (χ1) is 13.5. The Bertz CT molecular complexity index is 919. The van der Waals surface area contributed by atoms with Crippen LogP contribution in [0.4, 0.5) is 5.69 Å². The van der Waals surface area contributed by atoms with Crippen LogP contribution in [0, 0.1) is 11.8 Å². The highest BCUT2D eigenvalue weighted by molar-refractivity contribution is 9.11. The molecule has 0 bridgehead atoms. The fourth-order valence-corrected chi connectivity index (χ4v) is 5.48. The van der Waals surface area contributed by atoms with Gasteiger partial charge < -0.3 is 10.4 Å². The predicted octanol–water partition coefficient (Wildman–Crippen LogP) is 2.32. The molecule has 2 aliphatic heterocycles. The second kappa shape index (κ2) is 7.65. The second-order valence-electron chi connectivity index (χ2n) is 6.77. The minimum atomic E-state index is -1.11. The Balaban J connectivity index is 1.53. The molecule has 9 heteroatoms. The summed E-state index contributed by atoms with van der Waals surface area (Å²) >= 11 is 4.83. The topological polar surface area (TPSA) is 98.7 Å². The van der Waals surface area contributed by atoms with Crippen LogP contribution in [0.15, 0.2) is 46.3 Å². The van der Waals surface area contributed by atoms with Gasteiger partial charge in [-0.25, -0.2) is 0 Å². The van der Waals surface area contributed by atoms with Crippen LogP contribution in [0.25, 0.3) is 0 Å². The van der Waals surface area contributed by atoms with Crippen molar-refractivity contribution in [1.29, 1.82) is 0 Å². The smallest absolute Gasteiger partial charge is 0.321 e. The van der Waals surface area contributed by atoms with Crippen molar-refractivity contribution in [3.63, 3.8) is 0 Å². The third-order valence-corrected chi connectivity index (χ3v) is 6.88. The average molecular weight is 464 g/mol.